The molecular formula is C12H12NS. The Morgan fingerprint density at radius 2 is 2.07 bits per heavy atom. The predicted octanol–water partition coefficient (Wildman–Crippen LogP) is 3.61. The summed E-state index contributed by atoms with van der Waals surface area (Å²) in [5, 5.41) is 3.05. The first-order chi connectivity index (χ1) is 6.68. The second kappa shape index (κ2) is 3.54. The number of aromatic nitrogens is 1. The summed E-state index contributed by atoms with van der Waals surface area (Å²) in [7, 11) is 0. The molecule has 1 aromatic heterocycles. The first kappa shape index (κ1) is 9.41. The molecule has 0 unspecified atom stereocenters. The topological polar surface area (TPSA) is 12.9 Å². The van der Waals surface area contributed by atoms with Gasteiger partial charge in [0.05, 0.1) is 5.69 Å². The molecule has 1 nitrogen and oxygen atoms in total. The molecule has 0 aliphatic heterocycles. The Kier molecular flexibility index (Phi) is 2.38. The van der Waals surface area contributed by atoms with Crippen molar-refractivity contribution in [3.63, 3.8) is 0 Å². The van der Waals surface area contributed by atoms with Crippen molar-refractivity contribution in [2.45, 2.75) is 13.8 Å². The lowest BCUT2D eigenvalue weighted by Gasteiger charge is -2.04. The van der Waals surface area contributed by atoms with Crippen molar-refractivity contribution in [2.75, 3.05) is 0 Å². The predicted molar refractivity (Wildman–Crippen MR) is 61.5 cm³/mol. The maximum Gasteiger partial charge on any atom is 0.123 e. The van der Waals surface area contributed by atoms with E-state index < -0.39 is 0 Å². The largest absolute Gasteiger partial charge is 0.241 e. The maximum absolute atomic E-state index is 4.39. The third-order valence-corrected chi connectivity index (χ3v) is 3.31. The van der Waals surface area contributed by atoms with E-state index in [-0.39, 0.29) is 0 Å². The Hall–Kier alpha value is -1.15. The zero-order chi connectivity index (χ0) is 10.1. The highest BCUT2D eigenvalue weighted by Crippen LogP contribution is 2.27. The van der Waals surface area contributed by atoms with Crippen molar-refractivity contribution >= 4 is 11.3 Å². The highest BCUT2D eigenvalue weighted by Gasteiger charge is 2.06. The highest BCUT2D eigenvalue weighted by molar-refractivity contribution is 7.13. The minimum absolute atomic E-state index is 0.853. The number of rotatable bonds is 1. The summed E-state index contributed by atoms with van der Waals surface area (Å²) in [6.07, 6.45) is 0. The van der Waals surface area contributed by atoms with Crippen LogP contribution in [0.15, 0.2) is 23.6 Å². The molecule has 0 aliphatic carbocycles. The summed E-state index contributed by atoms with van der Waals surface area (Å²) in [4.78, 5) is 4.39. The van der Waals surface area contributed by atoms with Gasteiger partial charge in [-0.25, -0.2) is 4.98 Å². The summed E-state index contributed by atoms with van der Waals surface area (Å²) in [5.41, 5.74) is 4.70. The minimum Gasteiger partial charge on any atom is -0.241 e. The molecule has 1 radical (unpaired) electrons. The van der Waals surface area contributed by atoms with Crippen LogP contribution in [0.4, 0.5) is 0 Å². The lowest BCUT2D eigenvalue weighted by atomic mass is 10.0. The van der Waals surface area contributed by atoms with Gasteiger partial charge in [0.1, 0.15) is 5.01 Å². The summed E-state index contributed by atoms with van der Waals surface area (Å²) >= 11 is 1.65. The molecule has 0 aliphatic rings. The minimum atomic E-state index is 0.853. The second-order valence-electron chi connectivity index (χ2n) is 3.39. The van der Waals surface area contributed by atoms with E-state index in [9.17, 15) is 0 Å². The molecule has 0 bridgehead atoms. The summed E-state index contributed by atoms with van der Waals surface area (Å²) in [6, 6.07) is 6.31. The van der Waals surface area contributed by atoms with Crippen LogP contribution in [-0.2, 0) is 0 Å². The van der Waals surface area contributed by atoms with Crippen LogP contribution in [0.2, 0.25) is 0 Å². The summed E-state index contributed by atoms with van der Waals surface area (Å²) < 4.78 is 0. The number of hydrogen-bond donors (Lipinski definition) is 0. The molecule has 0 saturated heterocycles. The number of benzene rings is 1. The maximum atomic E-state index is 4.39. The van der Waals surface area contributed by atoms with Crippen molar-refractivity contribution in [1.82, 2.24) is 4.98 Å². The zero-order valence-electron chi connectivity index (χ0n) is 8.37. The van der Waals surface area contributed by atoms with E-state index in [0.717, 1.165) is 10.7 Å². The molecule has 0 fully saturated rings. The van der Waals surface area contributed by atoms with Gasteiger partial charge in [-0.1, -0.05) is 18.2 Å². The highest BCUT2D eigenvalue weighted by atomic mass is 32.1. The molecule has 0 saturated carbocycles. The van der Waals surface area contributed by atoms with Gasteiger partial charge < -0.3 is 0 Å². The smallest absolute Gasteiger partial charge is 0.123 e. The van der Waals surface area contributed by atoms with Crippen LogP contribution in [0, 0.1) is 20.8 Å². The Morgan fingerprint density at radius 3 is 2.71 bits per heavy atom. The van der Waals surface area contributed by atoms with Gasteiger partial charge >= 0.3 is 0 Å². The SMILES string of the molecule is [CH2]c1csc(-c2cccc(C)c2C)n1. The Balaban J connectivity index is 2.57. The van der Waals surface area contributed by atoms with Crippen LogP contribution < -0.4 is 0 Å². The number of aryl methyl sites for hydroxylation is 1. The fraction of sp³-hybridized carbons (Fsp3) is 0.167. The second-order valence-corrected chi connectivity index (χ2v) is 4.25. The molecular weight excluding hydrogens is 190 g/mol. The molecule has 0 amide bonds. The molecule has 2 rings (SSSR count). The number of thiazole rings is 1. The van der Waals surface area contributed by atoms with Crippen LogP contribution >= 0.6 is 11.3 Å². The first-order valence-electron chi connectivity index (χ1n) is 4.52. The van der Waals surface area contributed by atoms with Crippen molar-refractivity contribution < 1.29 is 0 Å². The standard InChI is InChI=1S/C12H12NS/c1-8-5-4-6-11(10(8)3)12-13-9(2)7-14-12/h4-7H,2H2,1,3H3. The van der Waals surface area contributed by atoms with Crippen molar-refractivity contribution in [3.8, 4) is 10.6 Å². The Bertz CT molecular complexity index is 457. The molecule has 0 spiro atoms. The van der Waals surface area contributed by atoms with Crippen molar-refractivity contribution in [3.05, 3.63) is 47.3 Å². The average molecular weight is 202 g/mol. The fourth-order valence-corrected chi connectivity index (χ4v) is 2.23. The van der Waals surface area contributed by atoms with Crippen molar-refractivity contribution in [1.29, 1.82) is 0 Å². The monoisotopic (exact) mass is 202 g/mol. The van der Waals surface area contributed by atoms with Crippen molar-refractivity contribution in [2.24, 2.45) is 0 Å². The quantitative estimate of drug-likeness (QED) is 0.688. The number of nitrogens with zero attached hydrogens (tertiary/aromatic N) is 1. The zero-order valence-corrected chi connectivity index (χ0v) is 9.19. The Labute approximate surface area is 88.4 Å². The summed E-state index contributed by atoms with van der Waals surface area (Å²) in [5.74, 6) is 0. The van der Waals surface area contributed by atoms with Gasteiger partial charge in [-0.3, -0.25) is 0 Å². The van der Waals surface area contributed by atoms with Gasteiger partial charge in [0.15, 0.2) is 0 Å². The molecule has 2 heteroatoms. The van der Waals surface area contributed by atoms with Gasteiger partial charge in [0, 0.05) is 10.9 Å². The van der Waals surface area contributed by atoms with E-state index in [0.29, 0.717) is 0 Å². The third-order valence-electron chi connectivity index (χ3n) is 2.39. The molecule has 14 heavy (non-hydrogen) atoms. The van der Waals surface area contributed by atoms with E-state index in [1.165, 1.54) is 16.7 Å². The Morgan fingerprint density at radius 1 is 1.29 bits per heavy atom. The van der Waals surface area contributed by atoms with E-state index in [2.05, 4.69) is 44.0 Å². The van der Waals surface area contributed by atoms with Crippen LogP contribution in [0.3, 0.4) is 0 Å². The van der Waals surface area contributed by atoms with E-state index >= 15 is 0 Å². The van der Waals surface area contributed by atoms with Gasteiger partial charge in [-0.2, -0.15) is 0 Å². The molecule has 71 valence electrons. The molecule has 0 N–H and O–H groups in total. The molecule has 1 aromatic carbocycles. The van der Waals surface area contributed by atoms with Gasteiger partial charge in [0.2, 0.25) is 0 Å². The molecule has 2 aromatic rings. The van der Waals surface area contributed by atoms with Crippen LogP contribution in [0.1, 0.15) is 16.8 Å². The molecule has 0 atom stereocenters. The van der Waals surface area contributed by atoms with Crippen LogP contribution in [0.5, 0.6) is 0 Å². The van der Waals surface area contributed by atoms with Gasteiger partial charge in [-0.15, -0.1) is 11.3 Å². The van der Waals surface area contributed by atoms with Crippen LogP contribution in [-0.4, -0.2) is 4.98 Å². The lowest BCUT2D eigenvalue weighted by molar-refractivity contribution is 1.30. The summed E-state index contributed by atoms with van der Waals surface area (Å²) in [6.45, 7) is 8.07. The van der Waals surface area contributed by atoms with E-state index in [4.69, 9.17) is 0 Å². The van der Waals surface area contributed by atoms with E-state index in [1.807, 2.05) is 5.38 Å². The first-order valence-corrected chi connectivity index (χ1v) is 5.40. The fourth-order valence-electron chi connectivity index (χ4n) is 1.41. The average Bonchev–Trinajstić information content (AvgIpc) is 2.57. The molecule has 1 heterocycles. The van der Waals surface area contributed by atoms with Gasteiger partial charge in [-0.05, 0) is 31.9 Å². The number of hydrogen-bond acceptors (Lipinski definition) is 2. The van der Waals surface area contributed by atoms with E-state index in [1.54, 1.807) is 11.3 Å². The normalized spacial score (nSPS) is 10.5. The van der Waals surface area contributed by atoms with Crippen LogP contribution in [0.25, 0.3) is 10.6 Å². The van der Waals surface area contributed by atoms with Gasteiger partial charge in [0.25, 0.3) is 0 Å². The third kappa shape index (κ3) is 1.58. The lowest BCUT2D eigenvalue weighted by Crippen LogP contribution is -1.86.